The maximum absolute atomic E-state index is 9.58. The van der Waals surface area contributed by atoms with E-state index in [0.717, 1.165) is 25.8 Å². The van der Waals surface area contributed by atoms with Crippen LogP contribution in [0.5, 0.6) is 0 Å². The average molecular weight is 405 g/mol. The molecule has 2 N–H and O–H groups in total. The van der Waals surface area contributed by atoms with Crippen LogP contribution in [0, 0.1) is 11.3 Å². The molecule has 0 radical (unpaired) electrons. The molecule has 1 unspecified atom stereocenters. The van der Waals surface area contributed by atoms with E-state index in [2.05, 4.69) is 95.2 Å². The van der Waals surface area contributed by atoms with Crippen LogP contribution >= 0.6 is 11.9 Å². The topological polar surface area (TPSA) is 35.5 Å². The molecule has 0 amide bonds. The summed E-state index contributed by atoms with van der Waals surface area (Å²) >= 11 is 1.77. The molecule has 4 heteroatoms. The predicted octanol–water partition coefficient (Wildman–Crippen LogP) is 5.33. The molecule has 0 heterocycles. The highest BCUT2D eigenvalue weighted by molar-refractivity contribution is 7.97. The van der Waals surface area contributed by atoms with Gasteiger partial charge in [-0.05, 0) is 79.0 Å². The number of hydrogen-bond acceptors (Lipinski definition) is 4. The molecule has 0 bridgehead atoms. The standard InChI is InChI=1S/C24H40N2OS/c1-9-20-11-12-22(17-21(20)10-2)28-26(16-14-18(3)4)23(19(5)25-27)13-15-24(6,7)8/h9-12,17-18,23,25,27H,5,13-16H2,1-4,6-8H3/b20-9-,21-10-. The first-order valence-corrected chi connectivity index (χ1v) is 11.1. The molecule has 0 fully saturated rings. The lowest BCUT2D eigenvalue weighted by Crippen LogP contribution is -2.37. The van der Waals surface area contributed by atoms with E-state index in [1.165, 1.54) is 15.3 Å². The summed E-state index contributed by atoms with van der Waals surface area (Å²) < 4.78 is 2.39. The van der Waals surface area contributed by atoms with Crippen molar-refractivity contribution in [2.45, 2.75) is 78.7 Å². The lowest BCUT2D eigenvalue weighted by molar-refractivity contribution is 0.171. The quantitative estimate of drug-likeness (QED) is 0.408. The maximum Gasteiger partial charge on any atom is 0.0619 e. The summed E-state index contributed by atoms with van der Waals surface area (Å²) in [5.41, 5.74) is 3.24. The Kier molecular flexibility index (Phi) is 10.4. The molecule has 1 rings (SSSR count). The summed E-state index contributed by atoms with van der Waals surface area (Å²) in [7, 11) is 0. The van der Waals surface area contributed by atoms with E-state index in [1.54, 1.807) is 11.9 Å². The van der Waals surface area contributed by atoms with E-state index >= 15 is 0 Å². The van der Waals surface area contributed by atoms with Crippen molar-refractivity contribution in [3.05, 3.63) is 40.9 Å². The highest BCUT2D eigenvalue weighted by Crippen LogP contribution is 2.31. The number of nitrogens with one attached hydrogen (secondary N) is 1. The largest absolute Gasteiger partial charge is 0.291 e. The number of hydroxylamine groups is 1. The van der Waals surface area contributed by atoms with Gasteiger partial charge in [0.25, 0.3) is 0 Å². The first-order chi connectivity index (χ1) is 13.1. The van der Waals surface area contributed by atoms with Gasteiger partial charge in [0.1, 0.15) is 0 Å². The smallest absolute Gasteiger partial charge is 0.0619 e. The molecule has 0 aliphatic carbocycles. The fourth-order valence-corrected chi connectivity index (χ4v) is 4.18. The molecule has 0 spiro atoms. The number of benzene rings is 1. The van der Waals surface area contributed by atoms with Crippen LogP contribution in [0.25, 0.3) is 12.2 Å². The fraction of sp³-hybridized carbons (Fsp3) is 0.583. The normalized spacial score (nSPS) is 14.8. The molecule has 0 saturated heterocycles. The predicted molar refractivity (Wildman–Crippen MR) is 125 cm³/mol. The van der Waals surface area contributed by atoms with Gasteiger partial charge in [-0.1, -0.05) is 59.4 Å². The lowest BCUT2D eigenvalue weighted by atomic mass is 9.88. The van der Waals surface area contributed by atoms with Crippen LogP contribution in [0.15, 0.2) is 35.4 Å². The average Bonchev–Trinajstić information content (AvgIpc) is 2.64. The van der Waals surface area contributed by atoms with Crippen LogP contribution < -0.4 is 15.9 Å². The number of hydrogen-bond donors (Lipinski definition) is 2. The van der Waals surface area contributed by atoms with Gasteiger partial charge in [0.15, 0.2) is 0 Å². The van der Waals surface area contributed by atoms with E-state index in [-0.39, 0.29) is 11.5 Å². The highest BCUT2D eigenvalue weighted by atomic mass is 32.2. The Morgan fingerprint density at radius 3 is 2.32 bits per heavy atom. The third-order valence-corrected chi connectivity index (χ3v) is 6.03. The molecular formula is C24H40N2OS. The molecule has 28 heavy (non-hydrogen) atoms. The third kappa shape index (κ3) is 8.42. The van der Waals surface area contributed by atoms with Gasteiger partial charge in [-0.25, -0.2) is 4.31 Å². The van der Waals surface area contributed by atoms with E-state index in [4.69, 9.17) is 0 Å². The summed E-state index contributed by atoms with van der Waals surface area (Å²) in [6.45, 7) is 20.5. The fourth-order valence-electron chi connectivity index (χ4n) is 3.04. The van der Waals surface area contributed by atoms with Crippen molar-refractivity contribution in [2.24, 2.45) is 11.3 Å². The van der Waals surface area contributed by atoms with Gasteiger partial charge >= 0.3 is 0 Å². The van der Waals surface area contributed by atoms with Crippen molar-refractivity contribution in [3.63, 3.8) is 0 Å². The number of nitrogens with zero attached hydrogens (tertiary/aromatic N) is 1. The maximum atomic E-state index is 9.58. The monoisotopic (exact) mass is 404 g/mol. The van der Waals surface area contributed by atoms with Gasteiger partial charge in [-0.3, -0.25) is 10.7 Å². The minimum absolute atomic E-state index is 0.0689. The summed E-state index contributed by atoms with van der Waals surface area (Å²) in [4.78, 5) is 1.22. The summed E-state index contributed by atoms with van der Waals surface area (Å²) in [5, 5.41) is 12.1. The van der Waals surface area contributed by atoms with E-state index < -0.39 is 0 Å². The first kappa shape index (κ1) is 24.8. The van der Waals surface area contributed by atoms with Gasteiger partial charge in [0.05, 0.1) is 6.04 Å². The highest BCUT2D eigenvalue weighted by Gasteiger charge is 2.25. The van der Waals surface area contributed by atoms with Crippen molar-refractivity contribution in [1.82, 2.24) is 9.79 Å². The second-order valence-electron chi connectivity index (χ2n) is 9.03. The van der Waals surface area contributed by atoms with Crippen molar-refractivity contribution in [1.29, 1.82) is 0 Å². The van der Waals surface area contributed by atoms with Crippen LogP contribution in [-0.4, -0.2) is 22.1 Å². The van der Waals surface area contributed by atoms with Crippen molar-refractivity contribution in [3.8, 4) is 0 Å². The van der Waals surface area contributed by atoms with E-state index in [1.807, 2.05) is 0 Å². The molecule has 0 aliphatic heterocycles. The molecule has 3 nitrogen and oxygen atoms in total. The lowest BCUT2D eigenvalue weighted by Gasteiger charge is -2.33. The van der Waals surface area contributed by atoms with E-state index in [0.29, 0.717) is 11.6 Å². The second-order valence-corrected chi connectivity index (χ2v) is 10.2. The molecule has 158 valence electrons. The minimum Gasteiger partial charge on any atom is -0.291 e. The number of rotatable bonds is 10. The van der Waals surface area contributed by atoms with Crippen LogP contribution in [-0.2, 0) is 0 Å². The van der Waals surface area contributed by atoms with Gasteiger partial charge in [0, 0.05) is 17.1 Å². The molecule has 1 atom stereocenters. The third-order valence-electron chi connectivity index (χ3n) is 4.89. The Bertz CT molecular complexity index is 734. The SMILES string of the molecule is C=C(NO)C(CCC(C)(C)C)N(CCC(C)C)Sc1ccc(=C/C)/c(=C\C)c1. The van der Waals surface area contributed by atoms with Gasteiger partial charge in [0.2, 0.25) is 0 Å². The molecule has 1 aromatic rings. The molecule has 0 aromatic heterocycles. The zero-order chi connectivity index (χ0) is 21.3. The Morgan fingerprint density at radius 1 is 1.18 bits per heavy atom. The van der Waals surface area contributed by atoms with Crippen molar-refractivity contribution >= 4 is 24.1 Å². The molecule has 0 saturated carbocycles. The van der Waals surface area contributed by atoms with Gasteiger partial charge in [-0.2, -0.15) is 0 Å². The van der Waals surface area contributed by atoms with Gasteiger partial charge in [-0.15, -0.1) is 0 Å². The van der Waals surface area contributed by atoms with Crippen LogP contribution in [0.1, 0.15) is 67.7 Å². The summed E-state index contributed by atoms with van der Waals surface area (Å²) in [5.74, 6) is 0.623. The Labute approximate surface area is 176 Å². The second kappa shape index (κ2) is 11.7. The Hall–Kier alpha value is -1.23. The van der Waals surface area contributed by atoms with E-state index in [9.17, 15) is 5.21 Å². The summed E-state index contributed by atoms with van der Waals surface area (Å²) in [6, 6.07) is 6.69. The Balaban J connectivity index is 3.18. The zero-order valence-electron chi connectivity index (χ0n) is 18.9. The Morgan fingerprint density at radius 2 is 1.82 bits per heavy atom. The summed E-state index contributed by atoms with van der Waals surface area (Å²) in [6.07, 6.45) is 7.42. The van der Waals surface area contributed by atoms with Crippen molar-refractivity contribution < 1.29 is 5.21 Å². The minimum atomic E-state index is 0.0689. The molecule has 0 aliphatic rings. The van der Waals surface area contributed by atoms with Crippen LogP contribution in [0.3, 0.4) is 0 Å². The van der Waals surface area contributed by atoms with Crippen molar-refractivity contribution in [2.75, 3.05) is 6.54 Å². The van der Waals surface area contributed by atoms with Crippen LogP contribution in [0.4, 0.5) is 0 Å². The molecular weight excluding hydrogens is 364 g/mol. The van der Waals surface area contributed by atoms with Gasteiger partial charge < -0.3 is 0 Å². The first-order valence-electron chi connectivity index (χ1n) is 10.4. The van der Waals surface area contributed by atoms with Crippen LogP contribution in [0.2, 0.25) is 0 Å². The zero-order valence-corrected chi connectivity index (χ0v) is 19.7. The molecule has 1 aromatic carbocycles.